The van der Waals surface area contributed by atoms with Crippen LogP contribution in [-0.2, 0) is 14.4 Å². The Kier molecular flexibility index (Phi) is 1.89. The van der Waals surface area contributed by atoms with Crippen molar-refractivity contribution in [1.29, 1.82) is 0 Å². The molecule has 0 aliphatic carbocycles. The van der Waals surface area contributed by atoms with Gasteiger partial charge in [-0.2, -0.15) is 0 Å². The molecule has 0 aromatic carbocycles. The van der Waals surface area contributed by atoms with Crippen LogP contribution in [-0.4, -0.2) is 45.2 Å². The van der Waals surface area contributed by atoms with E-state index in [-0.39, 0.29) is 4.90 Å². The average Bonchev–Trinajstić information content (AvgIpc) is 2.28. The number of hydrogen-bond acceptors (Lipinski definition) is 4. The standard InChI is InChI=1S/C5H4N2O6/c8-2-3(9)7(5(12)13)1(6-2)4(10)11/h1H,(H,6,8)(H,10,11)(H,12,13). The zero-order chi connectivity index (χ0) is 10.2. The first kappa shape index (κ1) is 8.97. The third kappa shape index (κ3) is 1.28. The summed E-state index contributed by atoms with van der Waals surface area (Å²) in [5.74, 6) is -4.24. The molecule has 1 heterocycles. The van der Waals surface area contributed by atoms with Crippen LogP contribution < -0.4 is 5.32 Å². The normalized spacial score (nSPS) is 21.5. The number of carboxylic acid groups (broad SMARTS) is 2. The first-order chi connectivity index (χ1) is 5.95. The van der Waals surface area contributed by atoms with E-state index in [0.29, 0.717) is 0 Å². The molecule has 1 aliphatic heterocycles. The SMILES string of the molecule is O=C1NC(C(=O)O)N(C(=O)O)C1=O. The lowest BCUT2D eigenvalue weighted by Gasteiger charge is -2.12. The van der Waals surface area contributed by atoms with Crippen molar-refractivity contribution in [3.8, 4) is 0 Å². The summed E-state index contributed by atoms with van der Waals surface area (Å²) in [4.78, 5) is 41.9. The fraction of sp³-hybridized carbons (Fsp3) is 0.200. The second kappa shape index (κ2) is 2.73. The van der Waals surface area contributed by atoms with E-state index in [1.807, 2.05) is 0 Å². The second-order valence-electron chi connectivity index (χ2n) is 2.17. The maximum Gasteiger partial charge on any atom is 0.416 e. The van der Waals surface area contributed by atoms with Crippen LogP contribution in [0, 0.1) is 0 Å². The van der Waals surface area contributed by atoms with E-state index in [1.165, 1.54) is 0 Å². The predicted octanol–water partition coefficient (Wildman–Crippen LogP) is -1.97. The molecule has 3 N–H and O–H groups in total. The molecule has 1 fully saturated rings. The van der Waals surface area contributed by atoms with Gasteiger partial charge in [-0.15, -0.1) is 0 Å². The van der Waals surface area contributed by atoms with Crippen LogP contribution in [0.25, 0.3) is 0 Å². The van der Waals surface area contributed by atoms with Crippen LogP contribution in [0.4, 0.5) is 4.79 Å². The van der Waals surface area contributed by atoms with Crippen molar-refractivity contribution in [2.24, 2.45) is 0 Å². The summed E-state index contributed by atoms with van der Waals surface area (Å²) >= 11 is 0. The molecule has 70 valence electrons. The summed E-state index contributed by atoms with van der Waals surface area (Å²) in [6.07, 6.45) is -3.60. The Morgan fingerprint density at radius 3 is 2.15 bits per heavy atom. The van der Waals surface area contributed by atoms with E-state index in [2.05, 4.69) is 0 Å². The van der Waals surface area contributed by atoms with Crippen molar-refractivity contribution in [2.75, 3.05) is 0 Å². The van der Waals surface area contributed by atoms with E-state index in [4.69, 9.17) is 10.2 Å². The summed E-state index contributed by atoms with van der Waals surface area (Å²) in [5.41, 5.74) is 0. The van der Waals surface area contributed by atoms with Crippen LogP contribution in [0.5, 0.6) is 0 Å². The van der Waals surface area contributed by atoms with Crippen LogP contribution in [0.1, 0.15) is 0 Å². The largest absolute Gasteiger partial charge is 0.478 e. The first-order valence-corrected chi connectivity index (χ1v) is 3.05. The third-order valence-electron chi connectivity index (χ3n) is 1.38. The molecule has 1 rings (SSSR count). The molecule has 0 saturated carbocycles. The predicted molar refractivity (Wildman–Crippen MR) is 34.4 cm³/mol. The summed E-state index contributed by atoms with van der Waals surface area (Å²) < 4.78 is 0. The van der Waals surface area contributed by atoms with Crippen molar-refractivity contribution in [3.63, 3.8) is 0 Å². The van der Waals surface area contributed by atoms with Gasteiger partial charge in [0.05, 0.1) is 0 Å². The molecule has 1 atom stereocenters. The summed E-state index contributed by atoms with van der Waals surface area (Å²) in [6, 6.07) is 0. The molecule has 0 radical (unpaired) electrons. The molecule has 8 nitrogen and oxygen atoms in total. The molecule has 1 unspecified atom stereocenters. The summed E-state index contributed by atoms with van der Waals surface area (Å²) in [5, 5.41) is 18.5. The molecule has 0 aromatic heterocycles. The van der Waals surface area contributed by atoms with Gasteiger partial charge in [0, 0.05) is 0 Å². The number of imide groups is 1. The monoisotopic (exact) mass is 188 g/mol. The highest BCUT2D eigenvalue weighted by atomic mass is 16.4. The van der Waals surface area contributed by atoms with Crippen LogP contribution >= 0.6 is 0 Å². The average molecular weight is 188 g/mol. The van der Waals surface area contributed by atoms with Crippen molar-refractivity contribution < 1.29 is 29.4 Å². The van der Waals surface area contributed by atoms with Gasteiger partial charge in [-0.25, -0.2) is 14.5 Å². The Labute approximate surface area is 70.7 Å². The highest BCUT2D eigenvalue weighted by molar-refractivity contribution is 6.40. The highest BCUT2D eigenvalue weighted by Gasteiger charge is 2.46. The smallest absolute Gasteiger partial charge is 0.416 e. The number of aliphatic carboxylic acids is 1. The number of carbonyl (C=O) groups is 4. The Hall–Kier alpha value is -2.12. The van der Waals surface area contributed by atoms with Gasteiger partial charge < -0.3 is 15.5 Å². The topological polar surface area (TPSA) is 124 Å². The van der Waals surface area contributed by atoms with Gasteiger partial charge in [0.15, 0.2) is 0 Å². The number of rotatable bonds is 1. The lowest BCUT2D eigenvalue weighted by atomic mass is 10.5. The summed E-state index contributed by atoms with van der Waals surface area (Å²) in [7, 11) is 0. The second-order valence-corrected chi connectivity index (χ2v) is 2.17. The van der Waals surface area contributed by atoms with Gasteiger partial charge in [-0.05, 0) is 0 Å². The van der Waals surface area contributed by atoms with E-state index in [9.17, 15) is 19.2 Å². The van der Waals surface area contributed by atoms with Crippen molar-refractivity contribution >= 4 is 23.9 Å². The first-order valence-electron chi connectivity index (χ1n) is 3.05. The maximum absolute atomic E-state index is 10.7. The molecule has 8 heteroatoms. The van der Waals surface area contributed by atoms with Crippen molar-refractivity contribution in [3.05, 3.63) is 0 Å². The third-order valence-corrected chi connectivity index (χ3v) is 1.38. The number of nitrogens with one attached hydrogen (secondary N) is 1. The number of amides is 3. The quantitative estimate of drug-likeness (QED) is 0.410. The Bertz CT molecular complexity index is 310. The van der Waals surface area contributed by atoms with Gasteiger partial charge in [-0.1, -0.05) is 0 Å². The maximum atomic E-state index is 10.7. The van der Waals surface area contributed by atoms with Gasteiger partial charge in [0.25, 0.3) is 0 Å². The van der Waals surface area contributed by atoms with E-state index in [0.717, 1.165) is 0 Å². The highest BCUT2D eigenvalue weighted by Crippen LogP contribution is 2.06. The van der Waals surface area contributed by atoms with Crippen LogP contribution in [0.2, 0.25) is 0 Å². The van der Waals surface area contributed by atoms with Gasteiger partial charge in [-0.3, -0.25) is 9.59 Å². The molecule has 1 aliphatic rings. The molecule has 13 heavy (non-hydrogen) atoms. The molecule has 0 bridgehead atoms. The molecule has 0 spiro atoms. The zero-order valence-corrected chi connectivity index (χ0v) is 6.05. The van der Waals surface area contributed by atoms with E-state index >= 15 is 0 Å². The number of carbonyl (C=O) groups excluding carboxylic acids is 2. The van der Waals surface area contributed by atoms with Crippen LogP contribution in [0.3, 0.4) is 0 Å². The molecule has 1 saturated heterocycles. The van der Waals surface area contributed by atoms with Gasteiger partial charge >= 0.3 is 23.9 Å². The fourth-order valence-electron chi connectivity index (χ4n) is 0.847. The number of nitrogens with zero attached hydrogens (tertiary/aromatic N) is 1. The number of hydrogen-bond donors (Lipinski definition) is 3. The Balaban J connectivity index is 3.00. The van der Waals surface area contributed by atoms with Crippen LogP contribution in [0.15, 0.2) is 0 Å². The number of carboxylic acids is 1. The minimum Gasteiger partial charge on any atom is -0.478 e. The summed E-state index contributed by atoms with van der Waals surface area (Å²) in [6.45, 7) is 0. The Morgan fingerprint density at radius 2 is 1.85 bits per heavy atom. The lowest BCUT2D eigenvalue weighted by molar-refractivity contribution is -0.145. The molecule has 0 aromatic rings. The minimum atomic E-state index is -1.82. The zero-order valence-electron chi connectivity index (χ0n) is 6.05. The van der Waals surface area contributed by atoms with Crippen molar-refractivity contribution in [1.82, 2.24) is 10.2 Å². The lowest BCUT2D eigenvalue weighted by Crippen LogP contribution is -2.46. The van der Waals surface area contributed by atoms with E-state index < -0.39 is 30.0 Å². The van der Waals surface area contributed by atoms with Gasteiger partial charge in [0.2, 0.25) is 6.17 Å². The van der Waals surface area contributed by atoms with Gasteiger partial charge in [0.1, 0.15) is 0 Å². The molecular formula is C5H4N2O6. The minimum absolute atomic E-state index is 0.0787. The fourth-order valence-corrected chi connectivity index (χ4v) is 0.847. The molecular weight excluding hydrogens is 184 g/mol. The Morgan fingerprint density at radius 1 is 1.31 bits per heavy atom. The van der Waals surface area contributed by atoms with E-state index in [1.54, 1.807) is 5.32 Å². The van der Waals surface area contributed by atoms with Crippen molar-refractivity contribution in [2.45, 2.75) is 6.17 Å². The molecule has 3 amide bonds.